The Balaban J connectivity index is 2.70. The number of carbonyl (C=O) groups is 2. The molecule has 0 aromatic carbocycles. The highest BCUT2D eigenvalue weighted by atomic mass is 16.5. The summed E-state index contributed by atoms with van der Waals surface area (Å²) in [6.45, 7) is 0. The average Bonchev–Trinajstić information content (AvgIpc) is 2.43. The van der Waals surface area contributed by atoms with Crippen LogP contribution >= 0.6 is 0 Å². The largest absolute Gasteiger partial charge is 0.618 e. The quantitative estimate of drug-likeness (QED) is 0.562. The van der Waals surface area contributed by atoms with Crippen LogP contribution in [0.5, 0.6) is 0 Å². The van der Waals surface area contributed by atoms with Crippen LogP contribution in [-0.2, 0) is 22.4 Å². The number of rotatable bonds is 6. The molecule has 116 valence electrons. The summed E-state index contributed by atoms with van der Waals surface area (Å²) < 4.78 is 0.839. The first-order chi connectivity index (χ1) is 9.82. The summed E-state index contributed by atoms with van der Waals surface area (Å²) in [6, 6.07) is 5.22. The summed E-state index contributed by atoms with van der Waals surface area (Å²) in [7, 11) is 6.77. The fourth-order valence-corrected chi connectivity index (χ4v) is 1.88. The molecular formula is C15H23N3O3. The summed E-state index contributed by atoms with van der Waals surface area (Å²) >= 11 is 0. The van der Waals surface area contributed by atoms with Crippen molar-refractivity contribution in [2.75, 3.05) is 28.2 Å². The van der Waals surface area contributed by atoms with Crippen LogP contribution < -0.4 is 4.73 Å². The molecule has 21 heavy (non-hydrogen) atoms. The molecule has 0 saturated carbocycles. The van der Waals surface area contributed by atoms with Crippen LogP contribution in [0.1, 0.15) is 24.2 Å². The van der Waals surface area contributed by atoms with Crippen LogP contribution in [0.2, 0.25) is 0 Å². The normalized spacial score (nSPS) is 10.3. The Bertz CT molecular complexity index is 471. The zero-order chi connectivity index (χ0) is 16.0. The molecule has 0 spiro atoms. The Labute approximate surface area is 125 Å². The highest BCUT2D eigenvalue weighted by Gasteiger charge is 2.15. The van der Waals surface area contributed by atoms with Gasteiger partial charge in [-0.25, -0.2) is 0 Å². The van der Waals surface area contributed by atoms with Gasteiger partial charge in [0, 0.05) is 66.0 Å². The van der Waals surface area contributed by atoms with E-state index in [1.54, 1.807) is 46.4 Å². The molecule has 6 nitrogen and oxygen atoms in total. The lowest BCUT2D eigenvalue weighted by atomic mass is 10.1. The standard InChI is InChI=1S/C15H23N3O3/c1-16(2)14(19)10-8-12-6-5-7-13(18(12)21)9-11-15(20)17(3)4/h5-7H,8-11H2,1-4H3. The lowest BCUT2D eigenvalue weighted by molar-refractivity contribution is -0.622. The first-order valence-electron chi connectivity index (χ1n) is 6.93. The molecule has 0 atom stereocenters. The number of amides is 2. The van der Waals surface area contributed by atoms with Gasteiger partial charge in [-0.1, -0.05) is 0 Å². The minimum absolute atomic E-state index is 0.0109. The molecule has 6 heteroatoms. The van der Waals surface area contributed by atoms with Crippen LogP contribution in [0.4, 0.5) is 0 Å². The van der Waals surface area contributed by atoms with Crippen LogP contribution in [0, 0.1) is 5.21 Å². The third-order valence-electron chi connectivity index (χ3n) is 3.29. The van der Waals surface area contributed by atoms with Gasteiger partial charge in [-0.05, 0) is 6.07 Å². The van der Waals surface area contributed by atoms with Crippen molar-refractivity contribution >= 4 is 11.8 Å². The third kappa shape index (κ3) is 5.06. The lowest BCUT2D eigenvalue weighted by Crippen LogP contribution is -2.38. The maximum absolute atomic E-state index is 12.2. The molecule has 0 aliphatic heterocycles. The van der Waals surface area contributed by atoms with Gasteiger partial charge in [0.1, 0.15) is 0 Å². The zero-order valence-corrected chi connectivity index (χ0v) is 13.1. The van der Waals surface area contributed by atoms with Crippen molar-refractivity contribution in [2.45, 2.75) is 25.7 Å². The van der Waals surface area contributed by atoms with Crippen molar-refractivity contribution in [1.82, 2.24) is 9.80 Å². The predicted octanol–water partition coefficient (Wildman–Crippen LogP) is 0.362. The Hall–Kier alpha value is -2.11. The van der Waals surface area contributed by atoms with Crippen LogP contribution in [-0.4, -0.2) is 49.8 Å². The summed E-state index contributed by atoms with van der Waals surface area (Å²) in [5.41, 5.74) is 1.11. The number of carbonyl (C=O) groups excluding carboxylic acids is 2. The highest BCUT2D eigenvalue weighted by Crippen LogP contribution is 2.04. The van der Waals surface area contributed by atoms with E-state index in [2.05, 4.69) is 0 Å². The van der Waals surface area contributed by atoms with E-state index in [1.807, 2.05) is 0 Å². The van der Waals surface area contributed by atoms with Crippen molar-refractivity contribution in [2.24, 2.45) is 0 Å². The number of hydrogen-bond acceptors (Lipinski definition) is 3. The molecule has 0 radical (unpaired) electrons. The molecule has 2 amide bonds. The van der Waals surface area contributed by atoms with E-state index >= 15 is 0 Å². The minimum atomic E-state index is -0.0109. The van der Waals surface area contributed by atoms with Crippen molar-refractivity contribution in [3.8, 4) is 0 Å². The zero-order valence-electron chi connectivity index (χ0n) is 13.1. The number of aromatic nitrogens is 1. The minimum Gasteiger partial charge on any atom is -0.618 e. The molecule has 0 aliphatic rings. The van der Waals surface area contributed by atoms with Gasteiger partial charge in [-0.3, -0.25) is 9.59 Å². The van der Waals surface area contributed by atoms with E-state index < -0.39 is 0 Å². The van der Waals surface area contributed by atoms with E-state index in [0.29, 0.717) is 37.1 Å². The number of hydrogen-bond donors (Lipinski definition) is 0. The van der Waals surface area contributed by atoms with Gasteiger partial charge < -0.3 is 15.0 Å². The summed E-state index contributed by atoms with van der Waals surface area (Å²) in [4.78, 5) is 26.2. The first-order valence-corrected chi connectivity index (χ1v) is 6.93. The van der Waals surface area contributed by atoms with Gasteiger partial charge in [0.25, 0.3) is 0 Å². The molecule has 1 aromatic heterocycles. The fourth-order valence-electron chi connectivity index (χ4n) is 1.88. The molecule has 0 bridgehead atoms. The van der Waals surface area contributed by atoms with Crippen molar-refractivity contribution in [3.05, 3.63) is 34.8 Å². The van der Waals surface area contributed by atoms with Crippen molar-refractivity contribution in [1.29, 1.82) is 0 Å². The van der Waals surface area contributed by atoms with Gasteiger partial charge in [-0.2, -0.15) is 4.73 Å². The van der Waals surface area contributed by atoms with Crippen molar-refractivity contribution in [3.63, 3.8) is 0 Å². The second kappa shape index (κ2) is 7.61. The van der Waals surface area contributed by atoms with Crippen LogP contribution in [0.25, 0.3) is 0 Å². The average molecular weight is 293 g/mol. The van der Waals surface area contributed by atoms with Crippen molar-refractivity contribution < 1.29 is 14.3 Å². The third-order valence-corrected chi connectivity index (χ3v) is 3.29. The fraction of sp³-hybridized carbons (Fsp3) is 0.533. The molecular weight excluding hydrogens is 270 g/mol. The molecule has 0 aliphatic carbocycles. The Morgan fingerprint density at radius 2 is 1.33 bits per heavy atom. The monoisotopic (exact) mass is 293 g/mol. The summed E-state index contributed by atoms with van der Waals surface area (Å²) in [6.07, 6.45) is 1.40. The molecule has 1 aromatic rings. The lowest BCUT2D eigenvalue weighted by Gasteiger charge is -2.12. The van der Waals surface area contributed by atoms with Crippen LogP contribution in [0.15, 0.2) is 18.2 Å². The van der Waals surface area contributed by atoms with Gasteiger partial charge in [-0.15, -0.1) is 0 Å². The van der Waals surface area contributed by atoms with Crippen LogP contribution in [0.3, 0.4) is 0 Å². The SMILES string of the molecule is CN(C)C(=O)CCc1cccc(CCC(=O)N(C)C)[n+]1[O-]. The maximum atomic E-state index is 12.2. The molecule has 1 rings (SSSR count). The topological polar surface area (TPSA) is 67.6 Å². The van der Waals surface area contributed by atoms with Gasteiger partial charge in [0.15, 0.2) is 11.4 Å². The van der Waals surface area contributed by atoms with E-state index in [1.165, 1.54) is 9.80 Å². The molecule has 1 heterocycles. The first kappa shape index (κ1) is 16.9. The summed E-state index contributed by atoms with van der Waals surface area (Å²) in [5, 5.41) is 12.2. The Morgan fingerprint density at radius 1 is 0.952 bits per heavy atom. The second-order valence-electron chi connectivity index (χ2n) is 5.38. The van der Waals surface area contributed by atoms with Gasteiger partial charge in [0.05, 0.1) is 0 Å². The number of pyridine rings is 1. The van der Waals surface area contributed by atoms with E-state index in [9.17, 15) is 14.8 Å². The highest BCUT2D eigenvalue weighted by molar-refractivity contribution is 5.76. The smallest absolute Gasteiger partial charge is 0.222 e. The molecule has 0 saturated heterocycles. The maximum Gasteiger partial charge on any atom is 0.222 e. The number of nitrogens with zero attached hydrogens (tertiary/aromatic N) is 3. The molecule has 0 N–H and O–H groups in total. The predicted molar refractivity (Wildman–Crippen MR) is 79.4 cm³/mol. The van der Waals surface area contributed by atoms with E-state index in [-0.39, 0.29) is 11.8 Å². The second-order valence-corrected chi connectivity index (χ2v) is 5.38. The molecule has 0 unspecified atom stereocenters. The Morgan fingerprint density at radius 3 is 1.67 bits per heavy atom. The molecule has 0 fully saturated rings. The van der Waals surface area contributed by atoms with E-state index in [4.69, 9.17) is 0 Å². The Kier molecular flexibility index (Phi) is 6.14. The van der Waals surface area contributed by atoms with E-state index in [0.717, 1.165) is 4.73 Å². The van der Waals surface area contributed by atoms with Gasteiger partial charge in [0.2, 0.25) is 11.8 Å². The summed E-state index contributed by atoms with van der Waals surface area (Å²) in [5.74, 6) is -0.0219. The van der Waals surface area contributed by atoms with Gasteiger partial charge >= 0.3 is 0 Å². The number of aryl methyl sites for hydroxylation is 2.